The van der Waals surface area contributed by atoms with Crippen LogP contribution in [-0.2, 0) is 34.7 Å². The number of amidine groups is 1. The van der Waals surface area contributed by atoms with E-state index in [1.807, 2.05) is 45.1 Å². The summed E-state index contributed by atoms with van der Waals surface area (Å²) < 4.78 is 12.7. The van der Waals surface area contributed by atoms with Crippen molar-refractivity contribution in [3.05, 3.63) is 104 Å². The molecule has 2 unspecified atom stereocenters. The van der Waals surface area contributed by atoms with Gasteiger partial charge < -0.3 is 40.0 Å². The number of hydrogen-bond acceptors (Lipinski definition) is 11. The van der Waals surface area contributed by atoms with Crippen molar-refractivity contribution in [1.82, 2.24) is 19.4 Å². The van der Waals surface area contributed by atoms with E-state index in [0.29, 0.717) is 60.1 Å². The number of urea groups is 1. The van der Waals surface area contributed by atoms with Gasteiger partial charge in [-0.05, 0) is 91.8 Å². The largest absolute Gasteiger partial charge is 0.508 e. The second kappa shape index (κ2) is 15.8. The molecule has 6 N–H and O–H groups in total. The number of aryl methyl sites for hydroxylation is 1. The maximum absolute atomic E-state index is 13.7. The monoisotopic (exact) mass is 830 g/mol. The third kappa shape index (κ3) is 7.19. The molecule has 1 saturated heterocycles. The smallest absolute Gasteiger partial charge is 0.415 e. The fourth-order valence-corrected chi connectivity index (χ4v) is 9.24. The topological polar surface area (TPSA) is 222 Å². The van der Waals surface area contributed by atoms with Gasteiger partial charge in [-0.1, -0.05) is 51.5 Å². The van der Waals surface area contributed by atoms with Crippen LogP contribution in [0.1, 0.15) is 99.1 Å². The van der Waals surface area contributed by atoms with Gasteiger partial charge in [0, 0.05) is 35.7 Å². The lowest BCUT2D eigenvalue weighted by atomic mass is 9.86. The predicted molar refractivity (Wildman–Crippen MR) is 227 cm³/mol. The number of aromatic hydroxyl groups is 2. The number of likely N-dealkylation sites (tertiary alicyclic amines) is 1. The highest BCUT2D eigenvalue weighted by atomic mass is 16.6. The summed E-state index contributed by atoms with van der Waals surface area (Å²) in [5, 5.41) is 41.7. The maximum Gasteiger partial charge on any atom is 0.415 e. The number of amides is 3. The van der Waals surface area contributed by atoms with E-state index in [0.717, 1.165) is 46.2 Å². The quantitative estimate of drug-likeness (QED) is 0.0654. The molecule has 61 heavy (non-hydrogen) atoms. The lowest BCUT2D eigenvalue weighted by Gasteiger charge is -2.33. The Morgan fingerprint density at radius 3 is 2.49 bits per heavy atom. The van der Waals surface area contributed by atoms with E-state index in [2.05, 4.69) is 0 Å². The number of allylic oxidation sites excluding steroid dienone is 2. The number of aliphatic hydroxyl groups is 1. The number of ether oxygens (including phenoxy) is 2. The molecular weight excluding hydrogens is 781 g/mol. The molecule has 3 aliphatic heterocycles. The van der Waals surface area contributed by atoms with Gasteiger partial charge in [0.1, 0.15) is 29.7 Å². The van der Waals surface area contributed by atoms with E-state index in [1.54, 1.807) is 34.6 Å². The average Bonchev–Trinajstić information content (AvgIpc) is 3.60. The van der Waals surface area contributed by atoms with Crippen LogP contribution in [0.15, 0.2) is 65.0 Å². The van der Waals surface area contributed by atoms with E-state index in [1.165, 1.54) is 12.1 Å². The third-order valence-electron chi connectivity index (χ3n) is 12.7. The van der Waals surface area contributed by atoms with Crippen LogP contribution in [-0.4, -0.2) is 77.7 Å². The maximum atomic E-state index is 13.7. The number of pyridine rings is 2. The molecule has 0 bridgehead atoms. The molecule has 318 valence electrons. The normalized spacial score (nSPS) is 19.6. The molecule has 3 amide bonds. The van der Waals surface area contributed by atoms with Crippen LogP contribution in [0.5, 0.6) is 17.2 Å². The number of esters is 1. The summed E-state index contributed by atoms with van der Waals surface area (Å²) in [6.45, 7) is 8.56. The zero-order valence-electron chi connectivity index (χ0n) is 34.7. The molecule has 0 spiro atoms. The number of primary amides is 1. The Balaban J connectivity index is 0.904. The van der Waals surface area contributed by atoms with Crippen LogP contribution in [0.2, 0.25) is 0 Å². The summed E-state index contributed by atoms with van der Waals surface area (Å²) >= 11 is 0. The summed E-state index contributed by atoms with van der Waals surface area (Å²) in [5.74, 6) is -0.799. The number of benzene rings is 2. The highest BCUT2D eigenvalue weighted by molar-refractivity contribution is 6.07. The van der Waals surface area contributed by atoms with Gasteiger partial charge in [0.05, 0.1) is 40.6 Å². The number of nitrogens with one attached hydrogen (secondary N) is 1. The minimum Gasteiger partial charge on any atom is -0.508 e. The standard InChI is InChI=1S/C46H50N6O9/c1-5-29-31-18-28(11-12-36(31)49-40-33(29)22-51-37(40)20-35-34(42(51)55)23-60-43(56)46(35,59)6-2)61-45(58)50-15-13-26(14-16-50)17-25-7-9-27(10-8-25)52(44(48)57)41(47)32-19-30(24(3)4)38(53)21-39(32)54/h7-9,11-12,18-21,24,26-27,47,53-54,59H,5-6,10,13-17,22-23H2,1-4H3,(H2,48,57). The molecule has 1 fully saturated rings. The second-order valence-electron chi connectivity index (χ2n) is 16.6. The number of hydrogen-bond donors (Lipinski definition) is 5. The summed E-state index contributed by atoms with van der Waals surface area (Å²) in [4.78, 5) is 60.1. The van der Waals surface area contributed by atoms with Crippen LogP contribution >= 0.6 is 0 Å². The fraction of sp³-hybridized carbons (Fsp3) is 0.391. The molecule has 4 aliphatic rings. The number of carbonyl (C=O) groups is 3. The molecule has 0 saturated carbocycles. The zero-order chi connectivity index (χ0) is 43.5. The van der Waals surface area contributed by atoms with E-state index >= 15 is 0 Å². The molecule has 15 heteroatoms. The van der Waals surface area contributed by atoms with Gasteiger partial charge in [-0.25, -0.2) is 19.4 Å². The minimum absolute atomic E-state index is 0.0581. The van der Waals surface area contributed by atoms with E-state index < -0.39 is 29.7 Å². The van der Waals surface area contributed by atoms with Crippen molar-refractivity contribution in [2.75, 3.05) is 13.1 Å². The lowest BCUT2D eigenvalue weighted by Crippen LogP contribution is -2.47. The van der Waals surface area contributed by atoms with Crippen molar-refractivity contribution in [3.8, 4) is 28.6 Å². The zero-order valence-corrected chi connectivity index (χ0v) is 34.7. The van der Waals surface area contributed by atoms with Crippen molar-refractivity contribution in [1.29, 1.82) is 5.41 Å². The number of rotatable bonds is 8. The third-order valence-corrected chi connectivity index (χ3v) is 12.7. The van der Waals surface area contributed by atoms with Gasteiger partial charge in [-0.15, -0.1) is 0 Å². The van der Waals surface area contributed by atoms with Crippen molar-refractivity contribution < 1.29 is 39.2 Å². The molecule has 1 aliphatic carbocycles. The number of nitrogens with zero attached hydrogens (tertiary/aromatic N) is 4. The molecule has 4 aromatic rings. The van der Waals surface area contributed by atoms with Crippen molar-refractivity contribution >= 4 is 34.8 Å². The molecule has 0 radical (unpaired) electrons. The Morgan fingerprint density at radius 1 is 1.08 bits per heavy atom. The number of fused-ring (bicyclic) bond motifs is 5. The lowest BCUT2D eigenvalue weighted by molar-refractivity contribution is -0.172. The van der Waals surface area contributed by atoms with Crippen molar-refractivity contribution in [3.63, 3.8) is 0 Å². The summed E-state index contributed by atoms with van der Waals surface area (Å²) in [6, 6.07) is 8.37. The van der Waals surface area contributed by atoms with Gasteiger partial charge in [0.15, 0.2) is 5.60 Å². The number of phenols is 2. The Labute approximate surface area is 352 Å². The average molecular weight is 831 g/mol. The van der Waals surface area contributed by atoms with Gasteiger partial charge in [0.25, 0.3) is 5.56 Å². The number of phenolic OH excluding ortho intramolecular Hbond substituents is 2. The van der Waals surface area contributed by atoms with Crippen LogP contribution in [0.25, 0.3) is 22.3 Å². The number of cyclic esters (lactones) is 1. The van der Waals surface area contributed by atoms with Crippen LogP contribution in [0, 0.1) is 11.3 Å². The molecule has 2 aromatic heterocycles. The van der Waals surface area contributed by atoms with E-state index in [-0.39, 0.29) is 65.1 Å². The first-order chi connectivity index (χ1) is 29.1. The second-order valence-corrected chi connectivity index (χ2v) is 16.6. The summed E-state index contributed by atoms with van der Waals surface area (Å²) in [6.07, 6.45) is 8.81. The van der Waals surface area contributed by atoms with Crippen LogP contribution in [0.4, 0.5) is 9.59 Å². The summed E-state index contributed by atoms with van der Waals surface area (Å²) in [5.41, 5.74) is 9.43. The molecule has 8 rings (SSSR count). The van der Waals surface area contributed by atoms with Crippen molar-refractivity contribution in [2.45, 2.75) is 96.9 Å². The van der Waals surface area contributed by atoms with Crippen LogP contribution < -0.4 is 16.0 Å². The number of piperidine rings is 1. The summed E-state index contributed by atoms with van der Waals surface area (Å²) in [7, 11) is 0. The van der Waals surface area contributed by atoms with E-state index in [4.69, 9.17) is 25.6 Å². The van der Waals surface area contributed by atoms with E-state index in [9.17, 15) is 34.5 Å². The van der Waals surface area contributed by atoms with Crippen LogP contribution in [0.3, 0.4) is 0 Å². The highest BCUT2D eigenvalue weighted by Crippen LogP contribution is 2.41. The molecule has 15 nitrogen and oxygen atoms in total. The number of aromatic nitrogens is 2. The highest BCUT2D eigenvalue weighted by Gasteiger charge is 2.45. The Hall–Kier alpha value is -6.48. The Kier molecular flexibility index (Phi) is 10.7. The molecule has 5 heterocycles. The molecular formula is C46H50N6O9. The van der Waals surface area contributed by atoms with Gasteiger partial charge >= 0.3 is 18.1 Å². The minimum atomic E-state index is -1.91. The Bertz CT molecular complexity index is 2640. The Morgan fingerprint density at radius 2 is 1.84 bits per heavy atom. The number of nitrogens with two attached hydrogens (primary N) is 1. The number of carbonyl (C=O) groups excluding carboxylic acids is 3. The predicted octanol–water partition coefficient (Wildman–Crippen LogP) is 6.44. The fourth-order valence-electron chi connectivity index (χ4n) is 9.24. The first-order valence-corrected chi connectivity index (χ1v) is 20.8. The van der Waals surface area contributed by atoms with Crippen molar-refractivity contribution in [2.24, 2.45) is 11.7 Å². The first kappa shape index (κ1) is 41.3. The van der Waals surface area contributed by atoms with Gasteiger partial charge in [-0.2, -0.15) is 0 Å². The SMILES string of the molecule is CCc1c2c(nc3ccc(OC(=O)N4CCC(CC5=CCC(N(C(=N)c6cc(C(C)C)c(O)cc6O)C(N)=O)C=C5)CC4)cc13)-c1cc3c(c(=O)n1C2)COC(=O)C3(O)CC. The van der Waals surface area contributed by atoms with Gasteiger partial charge in [-0.3, -0.25) is 15.1 Å². The first-order valence-electron chi connectivity index (χ1n) is 20.8. The van der Waals surface area contributed by atoms with Gasteiger partial charge in [0.2, 0.25) is 0 Å². The molecule has 2 aromatic carbocycles. The molecule has 2 atom stereocenters.